The van der Waals surface area contributed by atoms with Crippen LogP contribution in [0.5, 0.6) is 0 Å². The first-order valence-electron chi connectivity index (χ1n) is 13.9. The van der Waals surface area contributed by atoms with Crippen LogP contribution in [0, 0.1) is 5.41 Å². The number of nitrogens with one attached hydrogen (secondary N) is 1. The van der Waals surface area contributed by atoms with Crippen molar-refractivity contribution in [1.82, 2.24) is 5.32 Å². The van der Waals surface area contributed by atoms with Gasteiger partial charge in [0, 0.05) is 6.42 Å². The zero-order chi connectivity index (χ0) is 26.1. The number of carbonyl (C=O) groups excluding carboxylic acids is 3. The molecule has 0 radical (unpaired) electrons. The maximum atomic E-state index is 13.2. The van der Waals surface area contributed by atoms with Crippen molar-refractivity contribution in [3.63, 3.8) is 0 Å². The molecule has 1 saturated carbocycles. The molecule has 0 spiro atoms. The van der Waals surface area contributed by atoms with Crippen molar-refractivity contribution in [3.05, 3.63) is 11.1 Å². The first kappa shape index (κ1) is 29.4. The van der Waals surface area contributed by atoms with Gasteiger partial charge in [0.15, 0.2) is 11.9 Å². The lowest BCUT2D eigenvalue weighted by molar-refractivity contribution is -0.158. The topological polar surface area (TPSA) is 81.7 Å². The average molecular weight is 492 g/mol. The third kappa shape index (κ3) is 9.27. The van der Waals surface area contributed by atoms with Gasteiger partial charge in [-0.3, -0.25) is 4.79 Å². The number of allylic oxidation sites excluding steroid dienone is 1. The third-order valence-electron chi connectivity index (χ3n) is 7.46. The van der Waals surface area contributed by atoms with Crippen LogP contribution in [0.3, 0.4) is 0 Å². The predicted molar refractivity (Wildman–Crippen MR) is 139 cm³/mol. The van der Waals surface area contributed by atoms with Gasteiger partial charge in [-0.2, -0.15) is 0 Å². The minimum atomic E-state index is -0.817. The smallest absolute Gasteiger partial charge is 0.408 e. The van der Waals surface area contributed by atoms with Crippen LogP contribution in [0.15, 0.2) is 11.1 Å². The van der Waals surface area contributed by atoms with Crippen molar-refractivity contribution in [1.29, 1.82) is 0 Å². The van der Waals surface area contributed by atoms with Gasteiger partial charge >= 0.3 is 12.1 Å². The van der Waals surface area contributed by atoms with Gasteiger partial charge in [0.2, 0.25) is 0 Å². The summed E-state index contributed by atoms with van der Waals surface area (Å²) in [6.45, 7) is 11.6. The van der Waals surface area contributed by atoms with E-state index in [1.165, 1.54) is 37.7 Å². The van der Waals surface area contributed by atoms with Crippen LogP contribution in [0.1, 0.15) is 131 Å². The zero-order valence-corrected chi connectivity index (χ0v) is 23.1. The Morgan fingerprint density at radius 2 is 1.69 bits per heavy atom. The maximum Gasteiger partial charge on any atom is 0.408 e. The van der Waals surface area contributed by atoms with Gasteiger partial charge in [-0.1, -0.05) is 77.2 Å². The highest BCUT2D eigenvalue weighted by atomic mass is 16.6. The normalized spacial score (nSPS) is 23.5. The Bertz CT molecular complexity index is 766. The van der Waals surface area contributed by atoms with Crippen LogP contribution in [0.2, 0.25) is 0 Å². The number of alkyl carbamates (subject to hydrolysis) is 1. The van der Waals surface area contributed by atoms with Crippen molar-refractivity contribution < 1.29 is 23.9 Å². The molecule has 0 aromatic carbocycles. The van der Waals surface area contributed by atoms with Gasteiger partial charge in [-0.25, -0.2) is 9.59 Å². The van der Waals surface area contributed by atoms with E-state index >= 15 is 0 Å². The fourth-order valence-electron chi connectivity index (χ4n) is 5.53. The van der Waals surface area contributed by atoms with Crippen molar-refractivity contribution >= 4 is 17.8 Å². The lowest BCUT2D eigenvalue weighted by Gasteiger charge is -2.43. The van der Waals surface area contributed by atoms with Crippen LogP contribution in [0.4, 0.5) is 4.79 Å². The molecule has 0 saturated heterocycles. The summed E-state index contributed by atoms with van der Waals surface area (Å²) < 4.78 is 11.2. The number of amides is 1. The number of esters is 1. The van der Waals surface area contributed by atoms with E-state index in [0.29, 0.717) is 12.8 Å². The highest BCUT2D eigenvalue weighted by Gasteiger charge is 2.44. The first-order chi connectivity index (χ1) is 16.5. The van der Waals surface area contributed by atoms with E-state index < -0.39 is 29.8 Å². The second-order valence-electron chi connectivity index (χ2n) is 11.8. The van der Waals surface area contributed by atoms with Crippen molar-refractivity contribution in [2.24, 2.45) is 5.41 Å². The van der Waals surface area contributed by atoms with E-state index in [1.54, 1.807) is 20.8 Å². The predicted octanol–water partition coefficient (Wildman–Crippen LogP) is 7.19. The molecular weight excluding hydrogens is 442 g/mol. The molecule has 1 amide bonds. The summed E-state index contributed by atoms with van der Waals surface area (Å²) in [6.07, 6.45) is 12.9. The zero-order valence-electron chi connectivity index (χ0n) is 23.1. The summed E-state index contributed by atoms with van der Waals surface area (Å²) >= 11 is 0. The maximum absolute atomic E-state index is 13.2. The number of carbonyl (C=O) groups is 3. The summed E-state index contributed by atoms with van der Waals surface area (Å²) in [5.41, 5.74) is 1.25. The summed E-state index contributed by atoms with van der Waals surface area (Å²) in [6, 6.07) is -0.817. The molecule has 1 fully saturated rings. The number of hydrogen-bond acceptors (Lipinski definition) is 5. The van der Waals surface area contributed by atoms with E-state index in [-0.39, 0.29) is 11.2 Å². The second-order valence-corrected chi connectivity index (χ2v) is 11.8. The van der Waals surface area contributed by atoms with Gasteiger partial charge < -0.3 is 14.8 Å². The monoisotopic (exact) mass is 491 g/mol. The minimum absolute atomic E-state index is 0.0872. The molecule has 0 aromatic rings. The van der Waals surface area contributed by atoms with E-state index in [2.05, 4.69) is 19.2 Å². The highest BCUT2D eigenvalue weighted by molar-refractivity contribution is 6.01. The van der Waals surface area contributed by atoms with Gasteiger partial charge in [0.25, 0.3) is 0 Å². The number of Topliss-reactive ketones (excluding diaryl/α,β-unsaturated/α-hetero) is 1. The Kier molecular flexibility index (Phi) is 11.3. The fraction of sp³-hybridized carbons (Fsp3) is 0.828. The number of fused-ring (bicyclic) bond motifs is 1. The number of hydrogen-bond donors (Lipinski definition) is 1. The molecule has 200 valence electrons. The first-order valence-corrected chi connectivity index (χ1v) is 13.9. The van der Waals surface area contributed by atoms with Crippen LogP contribution >= 0.6 is 0 Å². The molecule has 6 nitrogen and oxygen atoms in total. The van der Waals surface area contributed by atoms with Crippen molar-refractivity contribution in [2.45, 2.75) is 149 Å². The summed E-state index contributed by atoms with van der Waals surface area (Å²) in [7, 11) is 0. The van der Waals surface area contributed by atoms with Gasteiger partial charge in [-0.05, 0) is 64.4 Å². The van der Waals surface area contributed by atoms with Gasteiger partial charge in [-0.15, -0.1) is 0 Å². The molecule has 2 aliphatic rings. The molecule has 2 aliphatic carbocycles. The summed E-state index contributed by atoms with van der Waals surface area (Å²) in [4.78, 5) is 38.7. The van der Waals surface area contributed by atoms with Crippen LogP contribution in [-0.4, -0.2) is 35.6 Å². The Hall–Kier alpha value is -1.85. The molecule has 0 aliphatic heterocycles. The summed E-state index contributed by atoms with van der Waals surface area (Å²) in [5.74, 6) is -0.622. The summed E-state index contributed by atoms with van der Waals surface area (Å²) in [5, 5.41) is 2.71. The third-order valence-corrected chi connectivity index (χ3v) is 7.46. The molecular formula is C29H49NO5. The molecule has 0 bridgehead atoms. The van der Waals surface area contributed by atoms with Gasteiger partial charge in [0.05, 0.1) is 0 Å². The lowest BCUT2D eigenvalue weighted by atomic mass is 9.63. The quantitative estimate of drug-likeness (QED) is 0.231. The minimum Gasteiger partial charge on any atom is -0.452 e. The van der Waals surface area contributed by atoms with E-state index in [9.17, 15) is 14.4 Å². The van der Waals surface area contributed by atoms with E-state index in [1.807, 2.05) is 6.92 Å². The van der Waals surface area contributed by atoms with Crippen LogP contribution < -0.4 is 5.32 Å². The number of ether oxygens (including phenoxy) is 2. The van der Waals surface area contributed by atoms with Crippen molar-refractivity contribution in [3.8, 4) is 0 Å². The number of unbranched alkanes of at least 4 members (excludes halogenated alkanes) is 7. The van der Waals surface area contributed by atoms with E-state index in [4.69, 9.17) is 9.47 Å². The van der Waals surface area contributed by atoms with Crippen LogP contribution in [-0.2, 0) is 19.1 Å². The highest BCUT2D eigenvalue weighted by Crippen LogP contribution is 2.49. The second kappa shape index (κ2) is 13.5. The van der Waals surface area contributed by atoms with E-state index in [0.717, 1.165) is 50.5 Å². The SMILES string of the molecule is CCCCCCCCCCC(NC(=O)OC(C)(C)C)C(=O)O[C@@H]1C[C@]2(C)CCCCC2=C(C)C1=O. The van der Waals surface area contributed by atoms with Gasteiger partial charge in [0.1, 0.15) is 11.6 Å². The molecule has 1 N–H and O–H groups in total. The number of ketones is 1. The Morgan fingerprint density at radius 1 is 1.06 bits per heavy atom. The lowest BCUT2D eigenvalue weighted by Crippen LogP contribution is -2.48. The Labute approximate surface area is 213 Å². The standard InChI is InChI=1S/C29H49NO5/c1-7-8-9-10-11-12-13-14-18-23(30-27(33)35-28(3,4)5)26(32)34-24-20-29(6)19-16-15-17-22(29)21(2)25(24)31/h23-24H,7-20H2,1-6H3,(H,30,33)/t23?,24-,29+/m1/s1. The molecule has 6 heteroatoms. The molecule has 1 unspecified atom stereocenters. The largest absolute Gasteiger partial charge is 0.452 e. The molecule has 3 atom stereocenters. The van der Waals surface area contributed by atoms with Crippen LogP contribution in [0.25, 0.3) is 0 Å². The fourth-order valence-corrected chi connectivity index (χ4v) is 5.53. The molecule has 35 heavy (non-hydrogen) atoms. The Morgan fingerprint density at radius 3 is 2.31 bits per heavy atom. The molecule has 0 heterocycles. The molecule has 2 rings (SSSR count). The average Bonchev–Trinajstić information content (AvgIpc) is 2.76. The Balaban J connectivity index is 1.99. The molecule has 0 aromatic heterocycles. The van der Waals surface area contributed by atoms with Crippen molar-refractivity contribution in [2.75, 3.05) is 0 Å². The number of rotatable bonds is 12.